The first-order valence-corrected chi connectivity index (χ1v) is 15.4. The van der Waals surface area contributed by atoms with Crippen LogP contribution in [-0.2, 0) is 13.1 Å². The summed E-state index contributed by atoms with van der Waals surface area (Å²) in [6.07, 6.45) is 7.78. The van der Waals surface area contributed by atoms with Crippen molar-refractivity contribution < 1.29 is 14.3 Å². The number of hydrogen-bond donors (Lipinski definition) is 2. The van der Waals surface area contributed by atoms with Crippen LogP contribution in [0.25, 0.3) is 27.6 Å². The maximum atomic E-state index is 14.5. The minimum absolute atomic E-state index is 0.0168. The van der Waals surface area contributed by atoms with Crippen molar-refractivity contribution in [1.82, 2.24) is 28.9 Å². The molecule has 1 aliphatic heterocycles. The van der Waals surface area contributed by atoms with Crippen molar-refractivity contribution in [3.63, 3.8) is 0 Å². The number of nitrogens with one attached hydrogen (secondary N) is 1. The van der Waals surface area contributed by atoms with Crippen LogP contribution in [0.1, 0.15) is 61.0 Å². The molecule has 0 unspecified atom stereocenters. The van der Waals surface area contributed by atoms with Gasteiger partial charge in [0.2, 0.25) is 0 Å². The fraction of sp³-hybridized carbons (Fsp3) is 0.382. The molecule has 1 fully saturated rings. The van der Waals surface area contributed by atoms with E-state index >= 15 is 0 Å². The average molecular weight is 599 g/mol. The van der Waals surface area contributed by atoms with Crippen LogP contribution in [0.5, 0.6) is 0 Å². The summed E-state index contributed by atoms with van der Waals surface area (Å²) in [6.45, 7) is 9.13. The van der Waals surface area contributed by atoms with E-state index < -0.39 is 5.82 Å². The van der Waals surface area contributed by atoms with Gasteiger partial charge in [-0.3, -0.25) is 19.2 Å². The van der Waals surface area contributed by atoms with Gasteiger partial charge in [-0.05, 0) is 93.6 Å². The second-order valence-corrected chi connectivity index (χ2v) is 11.9. The lowest BCUT2D eigenvalue weighted by molar-refractivity contribution is 0.0716. The Hall–Kier alpha value is -4.28. The van der Waals surface area contributed by atoms with Crippen LogP contribution in [0, 0.1) is 5.82 Å². The molecule has 6 rings (SSSR count). The molecule has 1 aliphatic rings. The predicted molar refractivity (Wildman–Crippen MR) is 170 cm³/mol. The van der Waals surface area contributed by atoms with Crippen LogP contribution in [0.2, 0.25) is 0 Å². The number of aliphatic hydroxyl groups is 1. The van der Waals surface area contributed by atoms with Gasteiger partial charge in [-0.1, -0.05) is 6.07 Å². The minimum atomic E-state index is -0.443. The largest absolute Gasteiger partial charge is 0.395 e. The molecular formula is C34H39FN6O3. The topological polar surface area (TPSA) is 99.4 Å². The summed E-state index contributed by atoms with van der Waals surface area (Å²) in [5, 5.41) is 10.4. The number of piperidine rings is 1. The Morgan fingerprint density at radius 3 is 2.80 bits per heavy atom. The van der Waals surface area contributed by atoms with Gasteiger partial charge in [0.25, 0.3) is 5.91 Å². The molecule has 2 N–H and O–H groups in total. The van der Waals surface area contributed by atoms with E-state index in [1.807, 2.05) is 49.7 Å². The molecule has 44 heavy (non-hydrogen) atoms. The number of imidazole rings is 1. The van der Waals surface area contributed by atoms with E-state index in [0.29, 0.717) is 17.8 Å². The molecular weight excluding hydrogens is 559 g/mol. The summed E-state index contributed by atoms with van der Waals surface area (Å²) in [6, 6.07) is 12.5. The van der Waals surface area contributed by atoms with E-state index in [9.17, 15) is 19.1 Å². The van der Waals surface area contributed by atoms with Crippen LogP contribution >= 0.6 is 0 Å². The number of aromatic nitrogens is 4. The smallest absolute Gasteiger partial charge is 0.326 e. The number of benzene rings is 2. The highest BCUT2D eigenvalue weighted by Crippen LogP contribution is 2.36. The molecule has 4 heterocycles. The molecule has 0 saturated carbocycles. The van der Waals surface area contributed by atoms with Gasteiger partial charge >= 0.3 is 5.69 Å². The Kier molecular flexibility index (Phi) is 8.38. The number of hydrogen-bond acceptors (Lipinski definition) is 5. The number of carbonyl (C=O) groups is 1. The molecule has 0 bridgehead atoms. The average Bonchev–Trinajstić information content (AvgIpc) is 3.54. The van der Waals surface area contributed by atoms with Crippen molar-refractivity contribution in [2.75, 3.05) is 26.2 Å². The molecule has 10 heteroatoms. The summed E-state index contributed by atoms with van der Waals surface area (Å²) < 4.78 is 18.1. The van der Waals surface area contributed by atoms with Gasteiger partial charge in [0.1, 0.15) is 5.82 Å². The third-order valence-corrected chi connectivity index (χ3v) is 8.83. The van der Waals surface area contributed by atoms with Gasteiger partial charge in [0, 0.05) is 43.5 Å². The number of amides is 1. The lowest BCUT2D eigenvalue weighted by Crippen LogP contribution is -2.37. The number of rotatable bonds is 9. The van der Waals surface area contributed by atoms with Gasteiger partial charge in [-0.15, -0.1) is 0 Å². The van der Waals surface area contributed by atoms with Gasteiger partial charge < -0.3 is 19.6 Å². The third-order valence-electron chi connectivity index (χ3n) is 8.83. The van der Waals surface area contributed by atoms with Crippen LogP contribution in [0.3, 0.4) is 0 Å². The van der Waals surface area contributed by atoms with Crippen LogP contribution in [0.15, 0.2) is 65.8 Å². The highest BCUT2D eigenvalue weighted by molar-refractivity contribution is 5.99. The lowest BCUT2D eigenvalue weighted by atomic mass is 9.90. The van der Waals surface area contributed by atoms with E-state index in [1.165, 1.54) is 17.7 Å². The number of aromatic amines is 1. The molecule has 9 nitrogen and oxygen atoms in total. The Balaban J connectivity index is 1.32. The van der Waals surface area contributed by atoms with Crippen LogP contribution < -0.4 is 5.69 Å². The van der Waals surface area contributed by atoms with Gasteiger partial charge in [-0.25, -0.2) is 9.18 Å². The summed E-state index contributed by atoms with van der Waals surface area (Å²) in [5.41, 5.74) is 5.51. The molecule has 0 aliphatic carbocycles. The van der Waals surface area contributed by atoms with E-state index in [-0.39, 0.29) is 36.7 Å². The maximum Gasteiger partial charge on any atom is 0.326 e. The van der Waals surface area contributed by atoms with Crippen molar-refractivity contribution in [3.05, 3.63) is 94.0 Å². The van der Waals surface area contributed by atoms with Gasteiger partial charge in [0.15, 0.2) is 0 Å². The number of pyridine rings is 1. The van der Waals surface area contributed by atoms with Crippen LogP contribution in [0.4, 0.5) is 4.39 Å². The molecule has 1 atom stereocenters. The predicted octanol–water partition coefficient (Wildman–Crippen LogP) is 5.05. The highest BCUT2D eigenvalue weighted by atomic mass is 19.1. The van der Waals surface area contributed by atoms with Gasteiger partial charge in [0.05, 0.1) is 47.1 Å². The first-order valence-electron chi connectivity index (χ1n) is 15.4. The number of H-pyrrole nitrogens is 1. The monoisotopic (exact) mass is 598 g/mol. The quantitative estimate of drug-likeness (QED) is 0.248. The molecule has 1 amide bonds. The van der Waals surface area contributed by atoms with Crippen LogP contribution in [-0.4, -0.2) is 72.2 Å². The zero-order valence-corrected chi connectivity index (χ0v) is 25.5. The standard InChI is InChI=1S/C34H39FN6O3/c1-4-39(22(2)3)33(43)27-17-25(35)8-10-30(27)41-21-28(26-11-12-36-18-32(26)41)24-6-5-13-38(20-24)19-23-7-9-31-29(16-23)37-34(44)40(31)14-15-42/h7-12,16-18,21-22,24,42H,4-6,13-15,19-20H2,1-3H3,(H,37,44)/t24-/m1/s1. The van der Waals surface area contributed by atoms with Gasteiger partial charge in [-0.2, -0.15) is 0 Å². The third kappa shape index (κ3) is 5.55. The number of nitrogens with zero attached hydrogens (tertiary/aromatic N) is 5. The summed E-state index contributed by atoms with van der Waals surface area (Å²) in [5.74, 6) is -0.383. The van der Waals surface area contributed by atoms with Crippen molar-refractivity contribution in [2.45, 2.75) is 58.7 Å². The van der Waals surface area contributed by atoms with Crippen molar-refractivity contribution >= 4 is 27.8 Å². The lowest BCUT2D eigenvalue weighted by Gasteiger charge is -2.32. The summed E-state index contributed by atoms with van der Waals surface area (Å²) in [4.78, 5) is 37.5. The molecule has 3 aromatic heterocycles. The number of carbonyl (C=O) groups excluding carboxylic acids is 1. The molecule has 230 valence electrons. The maximum absolute atomic E-state index is 14.5. The normalized spacial score (nSPS) is 15.9. The molecule has 1 saturated heterocycles. The summed E-state index contributed by atoms with van der Waals surface area (Å²) in [7, 11) is 0. The van der Waals surface area contributed by atoms with E-state index in [4.69, 9.17) is 0 Å². The van der Waals surface area contributed by atoms with E-state index in [1.54, 1.807) is 21.7 Å². The molecule has 2 aromatic carbocycles. The Bertz CT molecular complexity index is 1870. The number of fused-ring (bicyclic) bond motifs is 2. The molecule has 5 aromatic rings. The fourth-order valence-electron chi connectivity index (χ4n) is 6.75. The summed E-state index contributed by atoms with van der Waals surface area (Å²) >= 11 is 0. The highest BCUT2D eigenvalue weighted by Gasteiger charge is 2.27. The SMILES string of the molecule is CCN(C(=O)c1cc(F)ccc1-n1cc([C@@H]2CCCN(Cc3ccc4c(c3)[nH]c(=O)n4CCO)C2)c2ccncc21)C(C)C. The van der Waals surface area contributed by atoms with Crippen molar-refractivity contribution in [1.29, 1.82) is 0 Å². The zero-order chi connectivity index (χ0) is 31.0. The first kappa shape index (κ1) is 29.8. The molecule has 0 radical (unpaired) electrons. The zero-order valence-electron chi connectivity index (χ0n) is 25.5. The Morgan fingerprint density at radius 2 is 2.02 bits per heavy atom. The number of halogens is 1. The molecule has 0 spiro atoms. The second-order valence-electron chi connectivity index (χ2n) is 11.9. The van der Waals surface area contributed by atoms with E-state index in [2.05, 4.69) is 27.1 Å². The second kappa shape index (κ2) is 12.4. The Morgan fingerprint density at radius 1 is 1.18 bits per heavy atom. The number of aliphatic hydroxyl groups excluding tert-OH is 1. The van der Waals surface area contributed by atoms with Crippen molar-refractivity contribution in [2.24, 2.45) is 0 Å². The van der Waals surface area contributed by atoms with Crippen molar-refractivity contribution in [3.8, 4) is 5.69 Å². The van der Waals surface area contributed by atoms with E-state index in [0.717, 1.165) is 60.0 Å². The number of likely N-dealkylation sites (tertiary alicyclic amines) is 1. The fourth-order valence-corrected chi connectivity index (χ4v) is 6.75. The Labute approximate surface area is 255 Å². The minimum Gasteiger partial charge on any atom is -0.395 e. The first-order chi connectivity index (χ1) is 21.3.